The number of rotatable bonds is 8. The molecule has 0 aliphatic carbocycles. The van der Waals surface area contributed by atoms with Crippen LogP contribution in [0, 0.1) is 0 Å². The Morgan fingerprint density at radius 3 is 2.61 bits per heavy atom. The summed E-state index contributed by atoms with van der Waals surface area (Å²) in [6.45, 7) is 7.13. The first kappa shape index (κ1) is 23.8. The van der Waals surface area contributed by atoms with Gasteiger partial charge in [-0.2, -0.15) is 16.7 Å². The first-order valence-corrected chi connectivity index (χ1v) is 12.7. The van der Waals surface area contributed by atoms with Crippen LogP contribution in [0.4, 0.5) is 5.69 Å². The molecule has 0 spiro atoms. The summed E-state index contributed by atoms with van der Waals surface area (Å²) in [5, 5.41) is 7.04. The monoisotopic (exact) mass is 477 g/mol. The average molecular weight is 478 g/mol. The Morgan fingerprint density at radius 2 is 2.00 bits per heavy atom. The van der Waals surface area contributed by atoms with Gasteiger partial charge in [-0.05, 0) is 25.5 Å². The van der Waals surface area contributed by atoms with Crippen molar-refractivity contribution in [3.63, 3.8) is 0 Å². The molecule has 12 heteroatoms. The highest BCUT2D eigenvalue weighted by atomic mass is 32.2. The number of methoxy groups -OCH3 is 1. The number of aromatic nitrogens is 3. The lowest BCUT2D eigenvalue weighted by atomic mass is 10.1. The Hall–Kier alpha value is -2.38. The van der Waals surface area contributed by atoms with Crippen LogP contribution in [-0.4, -0.2) is 84.7 Å². The SMILES string of the molecule is CCC1c2nc(-c3cccnc3)n(S(=O)(=O)N3CCNCC3)c(=O)c2N(CC)N1CCOC. The highest BCUT2D eigenvalue weighted by Crippen LogP contribution is 2.39. The first-order valence-electron chi connectivity index (χ1n) is 11.3. The number of nitrogens with one attached hydrogen (secondary N) is 1. The fourth-order valence-electron chi connectivity index (χ4n) is 4.51. The molecule has 0 aromatic carbocycles. The molecular formula is C21H31N7O4S. The highest BCUT2D eigenvalue weighted by molar-refractivity contribution is 7.87. The second-order valence-electron chi connectivity index (χ2n) is 7.93. The Balaban J connectivity index is 1.97. The lowest BCUT2D eigenvalue weighted by molar-refractivity contribution is 0.118. The van der Waals surface area contributed by atoms with Crippen LogP contribution in [0.15, 0.2) is 29.3 Å². The van der Waals surface area contributed by atoms with E-state index in [4.69, 9.17) is 9.72 Å². The van der Waals surface area contributed by atoms with Gasteiger partial charge in [0.05, 0.1) is 18.3 Å². The maximum Gasteiger partial charge on any atom is 0.312 e. The van der Waals surface area contributed by atoms with Gasteiger partial charge in [0.15, 0.2) is 5.82 Å². The normalized spacial score (nSPS) is 19.7. The van der Waals surface area contributed by atoms with Gasteiger partial charge < -0.3 is 10.1 Å². The quantitative estimate of drug-likeness (QED) is 0.579. The van der Waals surface area contributed by atoms with Gasteiger partial charge in [-0.25, -0.2) is 9.99 Å². The Kier molecular flexibility index (Phi) is 7.10. The summed E-state index contributed by atoms with van der Waals surface area (Å²) in [4.78, 5) is 22.9. The van der Waals surface area contributed by atoms with Crippen molar-refractivity contribution < 1.29 is 13.2 Å². The summed E-state index contributed by atoms with van der Waals surface area (Å²) in [6, 6.07) is 3.27. The van der Waals surface area contributed by atoms with Crippen LogP contribution in [0.3, 0.4) is 0 Å². The van der Waals surface area contributed by atoms with E-state index in [0.717, 1.165) is 3.97 Å². The lowest BCUT2D eigenvalue weighted by Gasteiger charge is -2.32. The molecule has 1 unspecified atom stereocenters. The van der Waals surface area contributed by atoms with Crippen molar-refractivity contribution in [3.8, 4) is 11.4 Å². The fourth-order valence-corrected chi connectivity index (χ4v) is 6.05. The summed E-state index contributed by atoms with van der Waals surface area (Å²) in [7, 11) is -2.51. The fraction of sp³-hybridized carbons (Fsp3) is 0.571. The predicted octanol–water partition coefficient (Wildman–Crippen LogP) is 0.458. The van der Waals surface area contributed by atoms with Crippen molar-refractivity contribution in [1.29, 1.82) is 0 Å². The summed E-state index contributed by atoms with van der Waals surface area (Å²) in [5.74, 6) is 0.0912. The number of hydrogen-bond donors (Lipinski definition) is 1. The second-order valence-corrected chi connectivity index (χ2v) is 9.71. The number of hydrogen-bond acceptors (Lipinski definition) is 9. The number of hydrazine groups is 1. The van der Waals surface area contributed by atoms with Crippen molar-refractivity contribution in [2.75, 3.05) is 58.0 Å². The molecule has 2 aliphatic heterocycles. The molecule has 2 aromatic rings. The van der Waals surface area contributed by atoms with Crippen LogP contribution >= 0.6 is 0 Å². The summed E-state index contributed by atoms with van der Waals surface area (Å²) in [5.41, 5.74) is 0.792. The van der Waals surface area contributed by atoms with E-state index in [1.54, 1.807) is 25.4 Å². The van der Waals surface area contributed by atoms with Gasteiger partial charge in [0.1, 0.15) is 5.69 Å². The van der Waals surface area contributed by atoms with E-state index in [0.29, 0.717) is 56.2 Å². The molecule has 0 saturated carbocycles. The molecule has 180 valence electrons. The Labute approximate surface area is 194 Å². The van der Waals surface area contributed by atoms with Crippen molar-refractivity contribution in [3.05, 3.63) is 40.6 Å². The van der Waals surface area contributed by atoms with Crippen molar-refractivity contribution >= 4 is 15.9 Å². The predicted molar refractivity (Wildman–Crippen MR) is 125 cm³/mol. The number of anilines is 1. The van der Waals surface area contributed by atoms with Crippen LogP contribution in [0.5, 0.6) is 0 Å². The van der Waals surface area contributed by atoms with E-state index in [1.165, 1.54) is 10.5 Å². The highest BCUT2D eigenvalue weighted by Gasteiger charge is 2.42. The zero-order valence-corrected chi connectivity index (χ0v) is 20.1. The molecule has 0 bridgehead atoms. The third kappa shape index (κ3) is 4.17. The number of piperazine rings is 1. The largest absolute Gasteiger partial charge is 0.383 e. The van der Waals surface area contributed by atoms with E-state index in [-0.39, 0.29) is 25.0 Å². The van der Waals surface area contributed by atoms with Crippen LogP contribution < -0.4 is 15.9 Å². The second kappa shape index (κ2) is 9.85. The number of fused-ring (bicyclic) bond motifs is 1. The van der Waals surface area contributed by atoms with Crippen LogP contribution in [0.1, 0.15) is 32.0 Å². The van der Waals surface area contributed by atoms with Crippen molar-refractivity contribution in [1.82, 2.24) is 28.6 Å². The van der Waals surface area contributed by atoms with Crippen LogP contribution in [0.2, 0.25) is 0 Å². The topological polar surface area (TPSA) is 113 Å². The van der Waals surface area contributed by atoms with Gasteiger partial charge in [-0.15, -0.1) is 0 Å². The molecule has 0 amide bonds. The van der Waals surface area contributed by atoms with Crippen LogP contribution in [0.25, 0.3) is 11.4 Å². The number of nitrogens with zero attached hydrogens (tertiary/aromatic N) is 6. The minimum Gasteiger partial charge on any atom is -0.383 e. The zero-order chi connectivity index (χ0) is 23.6. The number of ether oxygens (including phenoxy) is 1. The minimum absolute atomic E-state index is 0.0912. The molecule has 4 heterocycles. The van der Waals surface area contributed by atoms with E-state index in [2.05, 4.69) is 15.3 Å². The molecule has 1 N–H and O–H groups in total. The van der Waals surface area contributed by atoms with E-state index < -0.39 is 15.8 Å². The van der Waals surface area contributed by atoms with E-state index in [9.17, 15) is 13.2 Å². The standard InChI is InChI=1S/C21H31N7O4S/c1-4-17-18-19(26(5-2)27(17)13-14-32-3)21(29)28(20(24-18)16-7-6-8-23-15-16)33(30,31)25-11-9-22-10-12-25/h6-8,15,17,22H,4-5,9-14H2,1-3H3. The molecule has 1 fully saturated rings. The molecule has 11 nitrogen and oxygen atoms in total. The van der Waals surface area contributed by atoms with Gasteiger partial charge in [0.25, 0.3) is 5.56 Å². The average Bonchev–Trinajstić information content (AvgIpc) is 3.16. The molecule has 1 saturated heterocycles. The Bertz CT molecular complexity index is 1130. The minimum atomic E-state index is -4.15. The van der Waals surface area contributed by atoms with Gasteiger partial charge in [0, 0.05) is 64.3 Å². The van der Waals surface area contributed by atoms with E-state index >= 15 is 0 Å². The molecule has 33 heavy (non-hydrogen) atoms. The molecule has 2 aromatic heterocycles. The van der Waals surface area contributed by atoms with Gasteiger partial charge in [0.2, 0.25) is 0 Å². The van der Waals surface area contributed by atoms with Gasteiger partial charge in [-0.1, -0.05) is 6.92 Å². The maximum atomic E-state index is 14.0. The smallest absolute Gasteiger partial charge is 0.312 e. The van der Waals surface area contributed by atoms with Crippen molar-refractivity contribution in [2.45, 2.75) is 26.3 Å². The third-order valence-electron chi connectivity index (χ3n) is 6.06. The van der Waals surface area contributed by atoms with Crippen LogP contribution in [-0.2, 0) is 14.9 Å². The molecule has 4 rings (SSSR count). The molecule has 2 aliphatic rings. The van der Waals surface area contributed by atoms with Gasteiger partial charge in [-0.3, -0.25) is 14.8 Å². The van der Waals surface area contributed by atoms with Crippen molar-refractivity contribution in [2.24, 2.45) is 0 Å². The van der Waals surface area contributed by atoms with E-state index in [1.807, 2.05) is 18.9 Å². The third-order valence-corrected chi connectivity index (χ3v) is 7.87. The lowest BCUT2D eigenvalue weighted by Crippen LogP contribution is -2.51. The van der Waals surface area contributed by atoms with Gasteiger partial charge >= 0.3 is 10.2 Å². The summed E-state index contributed by atoms with van der Waals surface area (Å²) >= 11 is 0. The first-order chi connectivity index (χ1) is 16.0. The Morgan fingerprint density at radius 1 is 1.24 bits per heavy atom. The number of pyridine rings is 1. The summed E-state index contributed by atoms with van der Waals surface area (Å²) in [6.07, 6.45) is 3.85. The summed E-state index contributed by atoms with van der Waals surface area (Å²) < 4.78 is 35.0. The molecular weight excluding hydrogens is 446 g/mol. The molecule has 0 radical (unpaired) electrons. The zero-order valence-electron chi connectivity index (χ0n) is 19.3. The molecule has 1 atom stereocenters. The maximum absolute atomic E-state index is 14.0.